The summed E-state index contributed by atoms with van der Waals surface area (Å²) in [5.41, 5.74) is 2.83. The molecular weight excluding hydrogens is 282 g/mol. The van der Waals surface area contributed by atoms with Gasteiger partial charge in [-0.2, -0.15) is 0 Å². The monoisotopic (exact) mass is 303 g/mol. The molecule has 0 unspecified atom stereocenters. The topological polar surface area (TPSA) is 54.0 Å². The standard InChI is InChI=1S/C16H21N3OS/c1-3-4-5-9-17-16(20)19-14-8-6-7-13(10-14)15-18-12(2)11-21-15/h6-8,10-11H,3-5,9H2,1-2H3,(H2,17,19,20). The van der Waals surface area contributed by atoms with Crippen molar-refractivity contribution in [1.82, 2.24) is 10.3 Å². The van der Waals surface area contributed by atoms with Gasteiger partial charge in [0.1, 0.15) is 5.01 Å². The number of unbranched alkanes of at least 4 members (excludes halogenated alkanes) is 2. The van der Waals surface area contributed by atoms with Crippen LogP contribution < -0.4 is 10.6 Å². The Balaban J connectivity index is 1.93. The fourth-order valence-electron chi connectivity index (χ4n) is 1.97. The molecule has 2 N–H and O–H groups in total. The van der Waals surface area contributed by atoms with Crippen LogP contribution in [0.1, 0.15) is 31.9 Å². The molecule has 0 saturated carbocycles. The van der Waals surface area contributed by atoms with E-state index in [1.165, 1.54) is 0 Å². The van der Waals surface area contributed by atoms with Crippen LogP contribution in [0.25, 0.3) is 10.6 Å². The molecule has 0 bridgehead atoms. The molecule has 0 saturated heterocycles. The van der Waals surface area contributed by atoms with E-state index in [4.69, 9.17) is 0 Å². The fraction of sp³-hybridized carbons (Fsp3) is 0.375. The van der Waals surface area contributed by atoms with E-state index in [-0.39, 0.29) is 6.03 Å². The maximum Gasteiger partial charge on any atom is 0.319 e. The first-order valence-electron chi connectivity index (χ1n) is 7.26. The lowest BCUT2D eigenvalue weighted by atomic mass is 10.2. The smallest absolute Gasteiger partial charge is 0.319 e. The van der Waals surface area contributed by atoms with Gasteiger partial charge in [-0.25, -0.2) is 9.78 Å². The molecule has 4 nitrogen and oxygen atoms in total. The van der Waals surface area contributed by atoms with Gasteiger partial charge in [0.15, 0.2) is 0 Å². The molecule has 0 aliphatic carbocycles. The molecule has 1 heterocycles. The Kier molecular flexibility index (Phi) is 5.75. The van der Waals surface area contributed by atoms with Crippen LogP contribution in [0.4, 0.5) is 10.5 Å². The van der Waals surface area contributed by atoms with Gasteiger partial charge in [0.25, 0.3) is 0 Å². The van der Waals surface area contributed by atoms with Crippen molar-refractivity contribution < 1.29 is 4.79 Å². The third kappa shape index (κ3) is 4.86. The van der Waals surface area contributed by atoms with Crippen LogP contribution in [0.3, 0.4) is 0 Å². The molecule has 0 atom stereocenters. The van der Waals surface area contributed by atoms with E-state index in [0.717, 1.165) is 41.2 Å². The summed E-state index contributed by atoms with van der Waals surface area (Å²) in [4.78, 5) is 16.3. The van der Waals surface area contributed by atoms with E-state index < -0.39 is 0 Å². The van der Waals surface area contributed by atoms with Gasteiger partial charge in [-0.15, -0.1) is 11.3 Å². The number of thiazole rings is 1. The highest BCUT2D eigenvalue weighted by Crippen LogP contribution is 2.25. The molecule has 0 fully saturated rings. The van der Waals surface area contributed by atoms with Gasteiger partial charge in [-0.3, -0.25) is 0 Å². The Bertz CT molecular complexity index is 595. The molecule has 1 aromatic heterocycles. The number of nitrogens with zero attached hydrogens (tertiary/aromatic N) is 1. The second-order valence-electron chi connectivity index (χ2n) is 4.96. The van der Waals surface area contributed by atoms with E-state index in [9.17, 15) is 4.79 Å². The molecule has 0 aliphatic heterocycles. The molecule has 0 aliphatic rings. The average molecular weight is 303 g/mol. The van der Waals surface area contributed by atoms with Crippen molar-refractivity contribution in [2.75, 3.05) is 11.9 Å². The molecule has 21 heavy (non-hydrogen) atoms. The average Bonchev–Trinajstić information content (AvgIpc) is 2.91. The summed E-state index contributed by atoms with van der Waals surface area (Å²) in [5.74, 6) is 0. The summed E-state index contributed by atoms with van der Waals surface area (Å²) in [5, 5.41) is 8.72. The summed E-state index contributed by atoms with van der Waals surface area (Å²) < 4.78 is 0. The van der Waals surface area contributed by atoms with Crippen LogP contribution in [0.15, 0.2) is 29.6 Å². The first-order chi connectivity index (χ1) is 10.2. The summed E-state index contributed by atoms with van der Waals surface area (Å²) in [7, 11) is 0. The van der Waals surface area contributed by atoms with Crippen LogP contribution in [-0.4, -0.2) is 17.6 Å². The summed E-state index contributed by atoms with van der Waals surface area (Å²) in [6.45, 7) is 4.84. The number of carbonyl (C=O) groups excluding carboxylic acids is 1. The number of hydrogen-bond acceptors (Lipinski definition) is 3. The zero-order valence-corrected chi connectivity index (χ0v) is 13.3. The number of aryl methyl sites for hydroxylation is 1. The van der Waals surface area contributed by atoms with Crippen LogP contribution >= 0.6 is 11.3 Å². The van der Waals surface area contributed by atoms with Gasteiger partial charge >= 0.3 is 6.03 Å². The van der Waals surface area contributed by atoms with E-state index in [1.54, 1.807) is 11.3 Å². The summed E-state index contributed by atoms with van der Waals surface area (Å²) in [6.07, 6.45) is 3.31. The minimum absolute atomic E-state index is 0.154. The molecule has 112 valence electrons. The SMILES string of the molecule is CCCCCNC(=O)Nc1cccc(-c2nc(C)cs2)c1. The summed E-state index contributed by atoms with van der Waals surface area (Å²) in [6, 6.07) is 7.61. The van der Waals surface area contributed by atoms with E-state index in [2.05, 4.69) is 22.5 Å². The first-order valence-corrected chi connectivity index (χ1v) is 8.14. The van der Waals surface area contributed by atoms with Gasteiger partial charge in [0, 0.05) is 28.9 Å². The summed E-state index contributed by atoms with van der Waals surface area (Å²) >= 11 is 1.61. The van der Waals surface area contributed by atoms with Crippen molar-refractivity contribution in [2.45, 2.75) is 33.1 Å². The van der Waals surface area contributed by atoms with Gasteiger partial charge in [0.05, 0.1) is 0 Å². The van der Waals surface area contributed by atoms with Gasteiger partial charge in [-0.1, -0.05) is 31.9 Å². The molecule has 5 heteroatoms. The van der Waals surface area contributed by atoms with Crippen LogP contribution in [0, 0.1) is 6.92 Å². The first kappa shape index (κ1) is 15.5. The van der Waals surface area contributed by atoms with Gasteiger partial charge in [-0.05, 0) is 25.5 Å². The maximum atomic E-state index is 11.8. The second kappa shape index (κ2) is 7.78. The highest BCUT2D eigenvalue weighted by molar-refractivity contribution is 7.13. The Morgan fingerprint density at radius 2 is 2.19 bits per heavy atom. The molecule has 0 spiro atoms. The van der Waals surface area contributed by atoms with Crippen LogP contribution in [0.2, 0.25) is 0 Å². The van der Waals surface area contributed by atoms with Crippen molar-refractivity contribution in [1.29, 1.82) is 0 Å². The molecule has 1 aromatic carbocycles. The molecule has 2 rings (SSSR count). The van der Waals surface area contributed by atoms with Crippen LogP contribution in [0.5, 0.6) is 0 Å². The van der Waals surface area contributed by atoms with Crippen molar-refractivity contribution >= 4 is 23.1 Å². The minimum atomic E-state index is -0.154. The Morgan fingerprint density at radius 3 is 2.90 bits per heavy atom. The second-order valence-corrected chi connectivity index (χ2v) is 5.82. The number of urea groups is 1. The fourth-order valence-corrected chi connectivity index (χ4v) is 2.76. The van der Waals surface area contributed by atoms with Crippen LogP contribution in [-0.2, 0) is 0 Å². The van der Waals surface area contributed by atoms with E-state index in [0.29, 0.717) is 6.54 Å². The van der Waals surface area contributed by atoms with Crippen molar-refractivity contribution in [2.24, 2.45) is 0 Å². The molecule has 2 aromatic rings. The van der Waals surface area contributed by atoms with Gasteiger partial charge in [0.2, 0.25) is 0 Å². The number of benzene rings is 1. The van der Waals surface area contributed by atoms with E-state index >= 15 is 0 Å². The largest absolute Gasteiger partial charge is 0.338 e. The number of anilines is 1. The maximum absolute atomic E-state index is 11.8. The lowest BCUT2D eigenvalue weighted by Gasteiger charge is -2.08. The Labute approximate surface area is 129 Å². The number of aromatic nitrogens is 1. The number of nitrogens with one attached hydrogen (secondary N) is 2. The Hall–Kier alpha value is -1.88. The molecular formula is C16H21N3OS. The molecule has 2 amide bonds. The number of hydrogen-bond donors (Lipinski definition) is 2. The number of amides is 2. The highest BCUT2D eigenvalue weighted by atomic mass is 32.1. The van der Waals surface area contributed by atoms with Crippen molar-refractivity contribution in [3.63, 3.8) is 0 Å². The third-order valence-electron chi connectivity index (χ3n) is 3.05. The number of carbonyl (C=O) groups is 1. The number of rotatable bonds is 6. The lowest BCUT2D eigenvalue weighted by molar-refractivity contribution is 0.252. The Morgan fingerprint density at radius 1 is 1.33 bits per heavy atom. The normalized spacial score (nSPS) is 10.4. The highest BCUT2D eigenvalue weighted by Gasteiger charge is 2.05. The minimum Gasteiger partial charge on any atom is -0.338 e. The molecule has 0 radical (unpaired) electrons. The predicted octanol–water partition coefficient (Wildman–Crippen LogP) is 4.43. The van der Waals surface area contributed by atoms with E-state index in [1.807, 2.05) is 36.6 Å². The van der Waals surface area contributed by atoms with Crippen molar-refractivity contribution in [3.8, 4) is 10.6 Å². The van der Waals surface area contributed by atoms with Gasteiger partial charge < -0.3 is 10.6 Å². The van der Waals surface area contributed by atoms with Crippen molar-refractivity contribution in [3.05, 3.63) is 35.3 Å². The zero-order valence-electron chi connectivity index (χ0n) is 12.5. The quantitative estimate of drug-likeness (QED) is 0.776. The zero-order chi connectivity index (χ0) is 15.1. The predicted molar refractivity (Wildman–Crippen MR) is 88.8 cm³/mol. The lowest BCUT2D eigenvalue weighted by Crippen LogP contribution is -2.29. The third-order valence-corrected chi connectivity index (χ3v) is 4.06.